The highest BCUT2D eigenvalue weighted by atomic mass is 16.3. The number of phenolic OH excluding ortho intramolecular Hbond substituents is 1. The first-order chi connectivity index (χ1) is 8.81. The molecule has 1 N–H and O–H groups in total. The summed E-state index contributed by atoms with van der Waals surface area (Å²) in [6, 6.07) is 15.6. The molecule has 0 spiro atoms. The van der Waals surface area contributed by atoms with Crippen LogP contribution in [0.2, 0.25) is 0 Å². The van der Waals surface area contributed by atoms with Crippen LogP contribution in [0.25, 0.3) is 12.2 Å². The van der Waals surface area contributed by atoms with Gasteiger partial charge in [-0.05, 0) is 23.6 Å². The van der Waals surface area contributed by atoms with Crippen molar-refractivity contribution >= 4 is 12.2 Å². The summed E-state index contributed by atoms with van der Waals surface area (Å²) in [6.45, 7) is 3.53. The van der Waals surface area contributed by atoms with Crippen molar-refractivity contribution in [2.24, 2.45) is 0 Å². The molecule has 1 nitrogen and oxygen atoms in total. The van der Waals surface area contributed by atoms with Gasteiger partial charge in [0.15, 0.2) is 0 Å². The standard InChI is InChI=1S/C9H8.C8H8O/c1-2-5-9-7-3-6-8(9)4-1;1-2-7-5-3-4-6-8(7)9/h1-6H,7H2;2-6,9H,1H2. The fourth-order valence-corrected chi connectivity index (χ4v) is 1.86. The van der Waals surface area contributed by atoms with Gasteiger partial charge in [-0.1, -0.05) is 67.3 Å². The first-order valence-corrected chi connectivity index (χ1v) is 5.96. The Kier molecular flexibility index (Phi) is 3.98. The van der Waals surface area contributed by atoms with Gasteiger partial charge in [0.25, 0.3) is 0 Å². The summed E-state index contributed by atoms with van der Waals surface area (Å²) in [7, 11) is 0. The molecule has 0 aromatic heterocycles. The van der Waals surface area contributed by atoms with E-state index in [0.29, 0.717) is 0 Å². The molecule has 0 atom stereocenters. The Morgan fingerprint density at radius 3 is 2.39 bits per heavy atom. The zero-order chi connectivity index (χ0) is 12.8. The SMILES string of the molecule is C1=Cc2ccccc2C1.C=Cc1ccccc1O. The van der Waals surface area contributed by atoms with E-state index in [1.807, 2.05) is 12.1 Å². The van der Waals surface area contributed by atoms with Gasteiger partial charge >= 0.3 is 0 Å². The first-order valence-electron chi connectivity index (χ1n) is 5.96. The van der Waals surface area contributed by atoms with Gasteiger partial charge in [0.2, 0.25) is 0 Å². The van der Waals surface area contributed by atoms with Crippen LogP contribution in [0.3, 0.4) is 0 Å². The molecule has 0 bridgehead atoms. The molecule has 18 heavy (non-hydrogen) atoms. The molecule has 2 aromatic carbocycles. The molecule has 3 rings (SSSR count). The summed E-state index contributed by atoms with van der Waals surface area (Å²) in [6.07, 6.45) is 7.12. The quantitative estimate of drug-likeness (QED) is 0.783. The van der Waals surface area contributed by atoms with Crippen LogP contribution in [-0.2, 0) is 6.42 Å². The van der Waals surface area contributed by atoms with Crippen molar-refractivity contribution in [3.8, 4) is 5.75 Å². The molecule has 0 saturated carbocycles. The third-order valence-corrected chi connectivity index (χ3v) is 2.85. The van der Waals surface area contributed by atoms with Crippen molar-refractivity contribution in [1.29, 1.82) is 0 Å². The summed E-state index contributed by atoms with van der Waals surface area (Å²) >= 11 is 0. The number of fused-ring (bicyclic) bond motifs is 1. The van der Waals surface area contributed by atoms with E-state index in [1.165, 1.54) is 11.1 Å². The Bertz CT molecular complexity index is 561. The molecule has 1 aliphatic carbocycles. The second kappa shape index (κ2) is 5.87. The number of hydrogen-bond donors (Lipinski definition) is 1. The molecule has 2 aromatic rings. The van der Waals surface area contributed by atoms with Crippen molar-refractivity contribution in [2.45, 2.75) is 6.42 Å². The smallest absolute Gasteiger partial charge is 0.122 e. The Morgan fingerprint density at radius 2 is 1.72 bits per heavy atom. The van der Waals surface area contributed by atoms with E-state index in [1.54, 1.807) is 18.2 Å². The van der Waals surface area contributed by atoms with Gasteiger partial charge in [-0.2, -0.15) is 0 Å². The van der Waals surface area contributed by atoms with Crippen molar-refractivity contribution in [3.05, 3.63) is 77.9 Å². The maximum Gasteiger partial charge on any atom is 0.122 e. The minimum atomic E-state index is 0.285. The van der Waals surface area contributed by atoms with E-state index in [-0.39, 0.29) is 5.75 Å². The first kappa shape index (κ1) is 12.2. The van der Waals surface area contributed by atoms with Crippen LogP contribution in [0.15, 0.2) is 61.2 Å². The van der Waals surface area contributed by atoms with Gasteiger partial charge in [0, 0.05) is 5.56 Å². The summed E-state index contributed by atoms with van der Waals surface area (Å²) < 4.78 is 0. The highest BCUT2D eigenvalue weighted by molar-refractivity contribution is 5.59. The number of para-hydroxylation sites is 1. The van der Waals surface area contributed by atoms with Gasteiger partial charge in [0.1, 0.15) is 5.75 Å². The Balaban J connectivity index is 0.000000134. The molecule has 1 heteroatoms. The molecule has 0 fully saturated rings. The minimum Gasteiger partial charge on any atom is -0.507 e. The number of hydrogen-bond acceptors (Lipinski definition) is 1. The molecular weight excluding hydrogens is 220 g/mol. The molecule has 90 valence electrons. The van der Waals surface area contributed by atoms with Crippen LogP contribution in [0, 0.1) is 0 Å². The molecule has 0 radical (unpaired) electrons. The molecule has 0 heterocycles. The van der Waals surface area contributed by atoms with E-state index in [0.717, 1.165) is 12.0 Å². The third-order valence-electron chi connectivity index (χ3n) is 2.85. The lowest BCUT2D eigenvalue weighted by Crippen LogP contribution is -1.76. The largest absolute Gasteiger partial charge is 0.507 e. The zero-order valence-electron chi connectivity index (χ0n) is 10.2. The van der Waals surface area contributed by atoms with Gasteiger partial charge in [-0.3, -0.25) is 0 Å². The predicted octanol–water partition coefficient (Wildman–Crippen LogP) is 4.29. The van der Waals surface area contributed by atoms with Crippen LogP contribution in [-0.4, -0.2) is 5.11 Å². The number of aromatic hydroxyl groups is 1. The summed E-state index contributed by atoms with van der Waals surface area (Å²) in [4.78, 5) is 0. The molecular formula is C17H16O. The van der Waals surface area contributed by atoms with E-state index >= 15 is 0 Å². The monoisotopic (exact) mass is 236 g/mol. The van der Waals surface area contributed by atoms with Crippen LogP contribution in [0.4, 0.5) is 0 Å². The van der Waals surface area contributed by atoms with E-state index < -0.39 is 0 Å². The molecule has 0 amide bonds. The van der Waals surface area contributed by atoms with Gasteiger partial charge in [0.05, 0.1) is 0 Å². The van der Waals surface area contributed by atoms with E-state index in [4.69, 9.17) is 5.11 Å². The number of rotatable bonds is 1. The maximum absolute atomic E-state index is 9.04. The summed E-state index contributed by atoms with van der Waals surface area (Å²) in [5.74, 6) is 0.285. The van der Waals surface area contributed by atoms with Crippen LogP contribution in [0.1, 0.15) is 16.7 Å². The molecule has 1 aliphatic rings. The lowest BCUT2D eigenvalue weighted by molar-refractivity contribution is 0.474. The normalized spacial score (nSPS) is 11.3. The van der Waals surface area contributed by atoms with E-state index in [2.05, 4.69) is 43.0 Å². The lowest BCUT2D eigenvalue weighted by Gasteiger charge is -1.93. The highest BCUT2D eigenvalue weighted by Crippen LogP contribution is 2.17. The van der Waals surface area contributed by atoms with Gasteiger partial charge in [-0.25, -0.2) is 0 Å². The predicted molar refractivity (Wildman–Crippen MR) is 77.4 cm³/mol. The maximum atomic E-state index is 9.04. The molecule has 0 unspecified atom stereocenters. The number of allylic oxidation sites excluding steroid dienone is 1. The van der Waals surface area contributed by atoms with E-state index in [9.17, 15) is 0 Å². The third kappa shape index (κ3) is 2.89. The van der Waals surface area contributed by atoms with Crippen LogP contribution in [0.5, 0.6) is 5.75 Å². The number of phenols is 1. The Hall–Kier alpha value is -2.28. The fraction of sp³-hybridized carbons (Fsp3) is 0.0588. The van der Waals surface area contributed by atoms with Gasteiger partial charge in [-0.15, -0.1) is 0 Å². The summed E-state index contributed by atoms with van der Waals surface area (Å²) in [5, 5.41) is 9.04. The van der Waals surface area contributed by atoms with Crippen molar-refractivity contribution in [1.82, 2.24) is 0 Å². The Labute approximate surface area is 108 Å². The summed E-state index contributed by atoms with van der Waals surface area (Å²) in [5.41, 5.74) is 3.62. The van der Waals surface area contributed by atoms with Gasteiger partial charge < -0.3 is 5.11 Å². The zero-order valence-corrected chi connectivity index (χ0v) is 10.2. The topological polar surface area (TPSA) is 20.2 Å². The number of benzene rings is 2. The van der Waals surface area contributed by atoms with Crippen molar-refractivity contribution in [2.75, 3.05) is 0 Å². The molecule has 0 saturated heterocycles. The second-order valence-electron chi connectivity index (χ2n) is 4.07. The Morgan fingerprint density at radius 1 is 1.00 bits per heavy atom. The minimum absolute atomic E-state index is 0.285. The van der Waals surface area contributed by atoms with Crippen LogP contribution < -0.4 is 0 Å². The lowest BCUT2D eigenvalue weighted by atomic mass is 10.1. The molecule has 0 aliphatic heterocycles. The average Bonchev–Trinajstić information content (AvgIpc) is 2.88. The van der Waals surface area contributed by atoms with Crippen LogP contribution >= 0.6 is 0 Å². The average molecular weight is 236 g/mol. The second-order valence-corrected chi connectivity index (χ2v) is 4.07. The van der Waals surface area contributed by atoms with Crippen molar-refractivity contribution < 1.29 is 5.11 Å². The van der Waals surface area contributed by atoms with Crippen molar-refractivity contribution in [3.63, 3.8) is 0 Å². The highest BCUT2D eigenvalue weighted by Gasteiger charge is 2.00. The fourth-order valence-electron chi connectivity index (χ4n) is 1.86.